The molecule has 2 unspecified atom stereocenters. The molecule has 0 aromatic carbocycles. The molecule has 3 nitrogen and oxygen atoms in total. The first kappa shape index (κ1) is 7.69. The van der Waals surface area contributed by atoms with E-state index in [0.29, 0.717) is 13.0 Å². The van der Waals surface area contributed by atoms with Gasteiger partial charge in [0.05, 0.1) is 6.61 Å². The van der Waals surface area contributed by atoms with Crippen LogP contribution in [0.3, 0.4) is 0 Å². The summed E-state index contributed by atoms with van der Waals surface area (Å²) in [5, 5.41) is 0. The van der Waals surface area contributed by atoms with Gasteiger partial charge in [-0.1, -0.05) is 0 Å². The van der Waals surface area contributed by atoms with Gasteiger partial charge in [-0.25, -0.2) is 0 Å². The molecule has 0 spiro atoms. The van der Waals surface area contributed by atoms with Gasteiger partial charge in [0.15, 0.2) is 5.78 Å². The Bertz CT molecular complexity index is 133. The summed E-state index contributed by atoms with van der Waals surface area (Å²) in [5.74, 6) is 0.0637. The second-order valence-electron chi connectivity index (χ2n) is 2.43. The molecule has 2 atom stereocenters. The Hall–Kier alpha value is -0.410. The van der Waals surface area contributed by atoms with Gasteiger partial charge in [-0.05, 0) is 6.92 Å². The Labute approximate surface area is 60.3 Å². The quantitative estimate of drug-likeness (QED) is 0.533. The first-order valence-electron chi connectivity index (χ1n) is 3.44. The zero-order valence-corrected chi connectivity index (χ0v) is 6.29. The molecule has 0 amide bonds. The SMILES string of the molecule is COC1CCOC(C)C1=O. The van der Waals surface area contributed by atoms with Crippen LogP contribution in [0.5, 0.6) is 0 Å². The maximum atomic E-state index is 11.1. The molecule has 1 aliphatic heterocycles. The van der Waals surface area contributed by atoms with Crippen LogP contribution in [0.15, 0.2) is 0 Å². The fourth-order valence-electron chi connectivity index (χ4n) is 1.07. The summed E-state index contributed by atoms with van der Waals surface area (Å²) in [6, 6.07) is 0. The van der Waals surface area contributed by atoms with E-state index in [9.17, 15) is 4.79 Å². The van der Waals surface area contributed by atoms with E-state index in [1.807, 2.05) is 0 Å². The Morgan fingerprint density at radius 3 is 2.90 bits per heavy atom. The molecule has 0 saturated carbocycles. The molecular formula is C7H12O3. The van der Waals surface area contributed by atoms with Gasteiger partial charge in [-0.2, -0.15) is 0 Å². The van der Waals surface area contributed by atoms with Crippen molar-refractivity contribution in [2.24, 2.45) is 0 Å². The van der Waals surface area contributed by atoms with Crippen molar-refractivity contribution in [2.75, 3.05) is 13.7 Å². The number of methoxy groups -OCH3 is 1. The molecule has 0 aromatic rings. The molecule has 3 heteroatoms. The third-order valence-electron chi connectivity index (χ3n) is 1.75. The Kier molecular flexibility index (Phi) is 2.40. The number of carbonyl (C=O) groups is 1. The molecule has 0 aliphatic carbocycles. The van der Waals surface area contributed by atoms with Gasteiger partial charge in [0.2, 0.25) is 0 Å². The molecular weight excluding hydrogens is 132 g/mol. The summed E-state index contributed by atoms with van der Waals surface area (Å²) < 4.78 is 10.0. The van der Waals surface area contributed by atoms with Crippen molar-refractivity contribution in [1.82, 2.24) is 0 Å². The standard InChI is InChI=1S/C7H12O3/c1-5-7(8)6(9-2)3-4-10-5/h5-6H,3-4H2,1-2H3. The number of ketones is 1. The van der Waals surface area contributed by atoms with Crippen LogP contribution in [0.2, 0.25) is 0 Å². The van der Waals surface area contributed by atoms with Crippen LogP contribution in [0.25, 0.3) is 0 Å². The van der Waals surface area contributed by atoms with Crippen molar-refractivity contribution in [3.8, 4) is 0 Å². The van der Waals surface area contributed by atoms with Crippen LogP contribution in [-0.2, 0) is 14.3 Å². The molecule has 0 aromatic heterocycles. The first-order valence-corrected chi connectivity index (χ1v) is 3.44. The number of carbonyl (C=O) groups excluding carboxylic acids is 1. The topological polar surface area (TPSA) is 35.5 Å². The molecule has 0 radical (unpaired) electrons. The number of rotatable bonds is 1. The van der Waals surface area contributed by atoms with Gasteiger partial charge in [0, 0.05) is 13.5 Å². The molecule has 1 heterocycles. The van der Waals surface area contributed by atoms with E-state index in [1.165, 1.54) is 0 Å². The summed E-state index contributed by atoms with van der Waals surface area (Å²) in [6.07, 6.45) is 0.182. The summed E-state index contributed by atoms with van der Waals surface area (Å²) >= 11 is 0. The minimum absolute atomic E-state index is 0.0637. The minimum atomic E-state index is -0.279. The van der Waals surface area contributed by atoms with Gasteiger partial charge in [-0.3, -0.25) is 4.79 Å². The van der Waals surface area contributed by atoms with Crippen molar-refractivity contribution in [1.29, 1.82) is 0 Å². The van der Waals surface area contributed by atoms with Gasteiger partial charge in [-0.15, -0.1) is 0 Å². The molecule has 1 saturated heterocycles. The molecule has 1 fully saturated rings. The first-order chi connectivity index (χ1) is 4.75. The lowest BCUT2D eigenvalue weighted by Gasteiger charge is -2.24. The summed E-state index contributed by atoms with van der Waals surface area (Å²) in [6.45, 7) is 2.39. The molecule has 1 rings (SSSR count). The predicted molar refractivity (Wildman–Crippen MR) is 35.8 cm³/mol. The van der Waals surface area contributed by atoms with E-state index in [0.717, 1.165) is 0 Å². The average molecular weight is 144 g/mol. The number of ether oxygens (including phenoxy) is 2. The largest absolute Gasteiger partial charge is 0.373 e. The highest BCUT2D eigenvalue weighted by Crippen LogP contribution is 2.11. The lowest BCUT2D eigenvalue weighted by Crippen LogP contribution is -2.39. The fourth-order valence-corrected chi connectivity index (χ4v) is 1.07. The van der Waals surface area contributed by atoms with E-state index in [2.05, 4.69) is 0 Å². The van der Waals surface area contributed by atoms with Gasteiger partial charge in [0.1, 0.15) is 12.2 Å². The number of hydrogen-bond donors (Lipinski definition) is 0. The smallest absolute Gasteiger partial charge is 0.189 e. The Balaban J connectivity index is 2.51. The lowest BCUT2D eigenvalue weighted by atomic mass is 10.1. The van der Waals surface area contributed by atoms with Crippen LogP contribution in [0, 0.1) is 0 Å². The monoisotopic (exact) mass is 144 g/mol. The Morgan fingerprint density at radius 1 is 1.70 bits per heavy atom. The van der Waals surface area contributed by atoms with E-state index in [1.54, 1.807) is 14.0 Å². The normalized spacial score (nSPS) is 34.4. The zero-order chi connectivity index (χ0) is 7.56. The highest BCUT2D eigenvalue weighted by atomic mass is 16.5. The number of Topliss-reactive ketones (excluding diaryl/α,β-unsaturated/α-hetero) is 1. The van der Waals surface area contributed by atoms with Crippen molar-refractivity contribution in [2.45, 2.75) is 25.6 Å². The molecule has 58 valence electrons. The average Bonchev–Trinajstić information content (AvgIpc) is 1.95. The molecule has 0 N–H and O–H groups in total. The van der Waals surface area contributed by atoms with E-state index in [4.69, 9.17) is 9.47 Å². The molecule has 0 bridgehead atoms. The van der Waals surface area contributed by atoms with Gasteiger partial charge >= 0.3 is 0 Å². The highest BCUT2D eigenvalue weighted by Gasteiger charge is 2.28. The van der Waals surface area contributed by atoms with E-state index in [-0.39, 0.29) is 18.0 Å². The summed E-state index contributed by atoms with van der Waals surface area (Å²) in [5.41, 5.74) is 0. The van der Waals surface area contributed by atoms with Crippen LogP contribution in [-0.4, -0.2) is 31.7 Å². The maximum absolute atomic E-state index is 11.1. The van der Waals surface area contributed by atoms with Crippen LogP contribution in [0.1, 0.15) is 13.3 Å². The zero-order valence-electron chi connectivity index (χ0n) is 6.29. The number of hydrogen-bond acceptors (Lipinski definition) is 3. The lowest BCUT2D eigenvalue weighted by molar-refractivity contribution is -0.148. The van der Waals surface area contributed by atoms with Gasteiger partial charge in [0.25, 0.3) is 0 Å². The predicted octanol–water partition coefficient (Wildman–Crippen LogP) is 0.379. The van der Waals surface area contributed by atoms with Crippen LogP contribution in [0.4, 0.5) is 0 Å². The van der Waals surface area contributed by atoms with Crippen LogP contribution >= 0.6 is 0 Å². The summed E-state index contributed by atoms with van der Waals surface area (Å²) in [4.78, 5) is 11.1. The van der Waals surface area contributed by atoms with E-state index < -0.39 is 0 Å². The van der Waals surface area contributed by atoms with Crippen molar-refractivity contribution < 1.29 is 14.3 Å². The van der Waals surface area contributed by atoms with Crippen molar-refractivity contribution in [3.63, 3.8) is 0 Å². The highest BCUT2D eigenvalue weighted by molar-refractivity contribution is 5.87. The van der Waals surface area contributed by atoms with Crippen molar-refractivity contribution >= 4 is 5.78 Å². The Morgan fingerprint density at radius 2 is 2.40 bits per heavy atom. The second kappa shape index (κ2) is 3.12. The minimum Gasteiger partial charge on any atom is -0.373 e. The van der Waals surface area contributed by atoms with E-state index >= 15 is 0 Å². The second-order valence-corrected chi connectivity index (χ2v) is 2.43. The molecule has 10 heavy (non-hydrogen) atoms. The van der Waals surface area contributed by atoms with Gasteiger partial charge < -0.3 is 9.47 Å². The maximum Gasteiger partial charge on any atom is 0.189 e. The third-order valence-corrected chi connectivity index (χ3v) is 1.75. The van der Waals surface area contributed by atoms with Crippen LogP contribution < -0.4 is 0 Å². The summed E-state index contributed by atoms with van der Waals surface area (Å²) in [7, 11) is 1.56. The molecule has 1 aliphatic rings. The third kappa shape index (κ3) is 1.36. The van der Waals surface area contributed by atoms with Crippen molar-refractivity contribution in [3.05, 3.63) is 0 Å². The fraction of sp³-hybridized carbons (Fsp3) is 0.857.